The van der Waals surface area contributed by atoms with E-state index in [0.717, 1.165) is 12.1 Å². The topological polar surface area (TPSA) is 126 Å². The first-order valence-corrected chi connectivity index (χ1v) is 11.5. The number of anilines is 2. The first-order valence-electron chi connectivity index (χ1n) is 10.0. The summed E-state index contributed by atoms with van der Waals surface area (Å²) in [7, 11) is -2.48. The van der Waals surface area contributed by atoms with Gasteiger partial charge in [0.05, 0.1) is 18.6 Å². The highest BCUT2D eigenvalue weighted by Crippen LogP contribution is 2.20. The van der Waals surface area contributed by atoms with Crippen molar-refractivity contribution in [1.29, 1.82) is 0 Å². The van der Waals surface area contributed by atoms with E-state index in [9.17, 15) is 22.4 Å². The van der Waals surface area contributed by atoms with Gasteiger partial charge in [-0.25, -0.2) is 12.8 Å². The number of nitrogens with one attached hydrogen (secondary N) is 4. The third-order valence-corrected chi connectivity index (χ3v) is 6.10. The zero-order chi connectivity index (χ0) is 24.7. The van der Waals surface area contributed by atoms with E-state index in [0.29, 0.717) is 17.0 Å². The van der Waals surface area contributed by atoms with Crippen molar-refractivity contribution in [3.05, 3.63) is 83.7 Å². The number of carbonyl (C=O) groups is 2. The van der Waals surface area contributed by atoms with Crippen LogP contribution in [0.2, 0.25) is 0 Å². The lowest BCUT2D eigenvalue weighted by Crippen LogP contribution is -2.44. The summed E-state index contributed by atoms with van der Waals surface area (Å²) in [4.78, 5) is 24.5. The summed E-state index contributed by atoms with van der Waals surface area (Å²) < 4.78 is 45.8. The van der Waals surface area contributed by atoms with E-state index >= 15 is 0 Å². The molecule has 0 spiro atoms. The molecule has 178 valence electrons. The molecule has 4 N–H and O–H groups in total. The summed E-state index contributed by atoms with van der Waals surface area (Å²) in [6, 6.07) is 15.8. The van der Waals surface area contributed by atoms with Gasteiger partial charge < -0.3 is 10.1 Å². The molecular weight excluding hydrogens is 463 g/mol. The van der Waals surface area contributed by atoms with Gasteiger partial charge in [-0.15, -0.1) is 0 Å². The molecule has 0 aliphatic rings. The van der Waals surface area contributed by atoms with Gasteiger partial charge in [0.2, 0.25) is 0 Å². The summed E-state index contributed by atoms with van der Waals surface area (Å²) in [6.07, 6.45) is 0. The molecule has 2 amide bonds. The quantitative estimate of drug-likeness (QED) is 0.363. The van der Waals surface area contributed by atoms with E-state index in [1.54, 1.807) is 38.3 Å². The molecule has 0 aliphatic heterocycles. The summed E-state index contributed by atoms with van der Waals surface area (Å²) >= 11 is 0. The molecule has 3 rings (SSSR count). The van der Waals surface area contributed by atoms with Crippen LogP contribution in [0, 0.1) is 12.7 Å². The van der Waals surface area contributed by atoms with Crippen molar-refractivity contribution in [2.24, 2.45) is 0 Å². The number of methoxy groups -OCH3 is 1. The third kappa shape index (κ3) is 6.45. The number of ether oxygens (including phenoxy) is 1. The molecule has 3 aromatic rings. The largest absolute Gasteiger partial charge is 0.497 e. The number of amides is 2. The molecule has 3 aromatic carbocycles. The van der Waals surface area contributed by atoms with Crippen LogP contribution < -0.4 is 25.6 Å². The molecule has 0 saturated heterocycles. The van der Waals surface area contributed by atoms with Gasteiger partial charge in [-0.3, -0.25) is 25.2 Å². The van der Waals surface area contributed by atoms with Crippen LogP contribution in [0.15, 0.2) is 71.6 Å². The molecule has 0 fully saturated rings. The highest BCUT2D eigenvalue weighted by Gasteiger charge is 2.19. The number of benzene rings is 3. The van der Waals surface area contributed by atoms with Gasteiger partial charge >= 0.3 is 0 Å². The average Bonchev–Trinajstić information content (AvgIpc) is 2.83. The summed E-state index contributed by atoms with van der Waals surface area (Å²) in [5, 5.41) is 2.90. The van der Waals surface area contributed by atoms with E-state index in [1.165, 1.54) is 30.3 Å². The molecule has 9 nitrogen and oxygen atoms in total. The van der Waals surface area contributed by atoms with Crippen molar-refractivity contribution in [2.75, 3.05) is 23.7 Å². The minimum absolute atomic E-state index is 0.0606. The Balaban J connectivity index is 1.61. The standard InChI is InChI=1S/C23H23FN4O5S/c1-15-3-12-20(34(31,32)28-18-6-4-16(24)5-7-18)13-21(15)23(30)27-26-22(29)14-25-17-8-10-19(33-2)11-9-17/h3-13,25,28H,14H2,1-2H3,(H,26,29)(H,27,30). The van der Waals surface area contributed by atoms with Crippen molar-refractivity contribution in [1.82, 2.24) is 10.9 Å². The maximum absolute atomic E-state index is 13.1. The number of aryl methyl sites for hydroxylation is 1. The van der Waals surface area contributed by atoms with Gasteiger partial charge in [-0.05, 0) is 73.2 Å². The molecule has 0 saturated carbocycles. The second-order valence-electron chi connectivity index (χ2n) is 7.17. The van der Waals surface area contributed by atoms with Crippen molar-refractivity contribution < 1.29 is 27.1 Å². The predicted octanol–water partition coefficient (Wildman–Crippen LogP) is 2.82. The van der Waals surface area contributed by atoms with Crippen LogP contribution in [0.25, 0.3) is 0 Å². The second-order valence-corrected chi connectivity index (χ2v) is 8.86. The molecule has 34 heavy (non-hydrogen) atoms. The van der Waals surface area contributed by atoms with Gasteiger partial charge in [-0.1, -0.05) is 6.07 Å². The summed E-state index contributed by atoms with van der Waals surface area (Å²) in [5.41, 5.74) is 5.97. The summed E-state index contributed by atoms with van der Waals surface area (Å²) in [6.45, 7) is 1.52. The molecule has 0 unspecified atom stereocenters. The van der Waals surface area contributed by atoms with E-state index in [1.807, 2.05) is 0 Å². The Morgan fingerprint density at radius 3 is 2.21 bits per heavy atom. The van der Waals surface area contributed by atoms with Gasteiger partial charge in [0.25, 0.3) is 21.8 Å². The van der Waals surface area contributed by atoms with Gasteiger partial charge in [0.1, 0.15) is 11.6 Å². The fourth-order valence-corrected chi connectivity index (χ4v) is 3.96. The molecule has 0 bridgehead atoms. The first kappa shape index (κ1) is 24.5. The Kier molecular flexibility index (Phi) is 7.69. The highest BCUT2D eigenvalue weighted by atomic mass is 32.2. The molecule has 0 radical (unpaired) electrons. The zero-order valence-corrected chi connectivity index (χ0v) is 19.2. The SMILES string of the molecule is COc1ccc(NCC(=O)NNC(=O)c2cc(S(=O)(=O)Nc3ccc(F)cc3)ccc2C)cc1. The second kappa shape index (κ2) is 10.7. The Bertz CT molecular complexity index is 1280. The van der Waals surface area contributed by atoms with Crippen LogP contribution >= 0.6 is 0 Å². The number of sulfonamides is 1. The van der Waals surface area contributed by atoms with E-state index in [-0.39, 0.29) is 22.7 Å². The number of hydrazine groups is 1. The van der Waals surface area contributed by atoms with Crippen molar-refractivity contribution in [2.45, 2.75) is 11.8 Å². The van der Waals surface area contributed by atoms with Crippen molar-refractivity contribution in [3.8, 4) is 5.75 Å². The first-order chi connectivity index (χ1) is 16.2. The molecule has 11 heteroatoms. The number of rotatable bonds is 8. The Hall–Kier alpha value is -4.12. The molecule has 0 atom stereocenters. The fraction of sp³-hybridized carbons (Fsp3) is 0.130. The number of hydrogen-bond donors (Lipinski definition) is 4. The lowest BCUT2D eigenvalue weighted by Gasteiger charge is -2.13. The Morgan fingerprint density at radius 1 is 0.912 bits per heavy atom. The van der Waals surface area contributed by atoms with Crippen molar-refractivity contribution in [3.63, 3.8) is 0 Å². The van der Waals surface area contributed by atoms with Crippen LogP contribution in [-0.2, 0) is 14.8 Å². The molecular formula is C23H23FN4O5S. The average molecular weight is 487 g/mol. The fourth-order valence-electron chi connectivity index (χ4n) is 2.87. The minimum atomic E-state index is -4.03. The molecule has 0 aromatic heterocycles. The number of carbonyl (C=O) groups excluding carboxylic acids is 2. The third-order valence-electron chi connectivity index (χ3n) is 4.72. The van der Waals surface area contributed by atoms with Gasteiger partial charge in [0, 0.05) is 16.9 Å². The zero-order valence-electron chi connectivity index (χ0n) is 18.4. The smallest absolute Gasteiger partial charge is 0.269 e. The predicted molar refractivity (Wildman–Crippen MR) is 125 cm³/mol. The highest BCUT2D eigenvalue weighted by molar-refractivity contribution is 7.92. The maximum atomic E-state index is 13.1. The molecule has 0 heterocycles. The normalized spacial score (nSPS) is 10.8. The summed E-state index contributed by atoms with van der Waals surface area (Å²) in [5.74, 6) is -1.02. The Morgan fingerprint density at radius 2 is 1.56 bits per heavy atom. The number of hydrogen-bond acceptors (Lipinski definition) is 6. The molecule has 0 aliphatic carbocycles. The van der Waals surface area contributed by atoms with Crippen LogP contribution in [0.5, 0.6) is 5.75 Å². The minimum Gasteiger partial charge on any atom is -0.497 e. The van der Waals surface area contributed by atoms with Gasteiger partial charge in [-0.2, -0.15) is 0 Å². The lowest BCUT2D eigenvalue weighted by molar-refractivity contribution is -0.120. The van der Waals surface area contributed by atoms with E-state index < -0.39 is 27.7 Å². The van der Waals surface area contributed by atoms with E-state index in [2.05, 4.69) is 20.9 Å². The van der Waals surface area contributed by atoms with Crippen LogP contribution in [0.3, 0.4) is 0 Å². The monoisotopic (exact) mass is 486 g/mol. The van der Waals surface area contributed by atoms with Gasteiger partial charge in [0.15, 0.2) is 0 Å². The van der Waals surface area contributed by atoms with E-state index in [4.69, 9.17) is 4.74 Å². The maximum Gasteiger partial charge on any atom is 0.269 e. The van der Waals surface area contributed by atoms with Crippen molar-refractivity contribution >= 4 is 33.2 Å². The van der Waals surface area contributed by atoms with Crippen LogP contribution in [0.1, 0.15) is 15.9 Å². The Labute approximate surface area is 196 Å². The van der Waals surface area contributed by atoms with Crippen LogP contribution in [-0.4, -0.2) is 33.9 Å². The lowest BCUT2D eigenvalue weighted by atomic mass is 10.1. The van der Waals surface area contributed by atoms with Crippen LogP contribution in [0.4, 0.5) is 15.8 Å². The number of halogens is 1.